The fourth-order valence-corrected chi connectivity index (χ4v) is 2.76. The summed E-state index contributed by atoms with van der Waals surface area (Å²) in [7, 11) is 1.59. The normalized spacial score (nSPS) is 11.2. The van der Waals surface area contributed by atoms with E-state index in [0.29, 0.717) is 22.1 Å². The Balaban J connectivity index is 2.01. The number of benzene rings is 2. The van der Waals surface area contributed by atoms with Gasteiger partial charge in [0.05, 0.1) is 12.7 Å². The number of carbonyl (C=O) groups excluding carboxylic acids is 1. The number of carbonyl (C=O) groups is 1. The maximum Gasteiger partial charge on any atom is 0.336 e. The highest BCUT2D eigenvalue weighted by Gasteiger charge is 2.17. The molecule has 5 heteroatoms. The predicted octanol–water partition coefficient (Wildman–Crippen LogP) is 4.02. The zero-order valence-corrected chi connectivity index (χ0v) is 14.7. The van der Waals surface area contributed by atoms with Crippen molar-refractivity contribution in [2.24, 2.45) is 0 Å². The molecule has 0 aliphatic rings. The molecule has 3 rings (SSSR count). The van der Waals surface area contributed by atoms with Gasteiger partial charge in [-0.3, -0.25) is 4.79 Å². The highest BCUT2D eigenvalue weighted by molar-refractivity contribution is 6.11. The molecule has 0 atom stereocenters. The van der Waals surface area contributed by atoms with Crippen molar-refractivity contribution >= 4 is 22.8 Å². The van der Waals surface area contributed by atoms with E-state index in [9.17, 15) is 14.7 Å². The van der Waals surface area contributed by atoms with E-state index >= 15 is 0 Å². The first-order valence-corrected chi connectivity index (χ1v) is 8.04. The van der Waals surface area contributed by atoms with Crippen LogP contribution < -0.4 is 10.4 Å². The molecular formula is C21H18O5. The van der Waals surface area contributed by atoms with Crippen LogP contribution in [0.1, 0.15) is 27.0 Å². The van der Waals surface area contributed by atoms with Gasteiger partial charge in [0.15, 0.2) is 5.78 Å². The van der Waals surface area contributed by atoms with E-state index in [4.69, 9.17) is 9.15 Å². The maximum absolute atomic E-state index is 12.6. The van der Waals surface area contributed by atoms with Crippen LogP contribution in [0.25, 0.3) is 17.0 Å². The molecule has 0 aliphatic heterocycles. The number of fused-ring (bicyclic) bond motifs is 1. The van der Waals surface area contributed by atoms with Crippen LogP contribution in [0.2, 0.25) is 0 Å². The number of methoxy groups -OCH3 is 1. The summed E-state index contributed by atoms with van der Waals surface area (Å²) in [4.78, 5) is 24.1. The van der Waals surface area contributed by atoms with E-state index in [-0.39, 0.29) is 17.1 Å². The third-order valence-electron chi connectivity index (χ3n) is 4.25. The number of hydrogen-bond acceptors (Lipinski definition) is 5. The Kier molecular flexibility index (Phi) is 4.63. The van der Waals surface area contributed by atoms with Gasteiger partial charge < -0.3 is 14.3 Å². The monoisotopic (exact) mass is 350 g/mol. The number of phenols is 1. The fourth-order valence-electron chi connectivity index (χ4n) is 2.76. The minimum atomic E-state index is -0.490. The Morgan fingerprint density at radius 2 is 1.85 bits per heavy atom. The summed E-state index contributed by atoms with van der Waals surface area (Å²) in [5.74, 6) is 0.206. The van der Waals surface area contributed by atoms with Crippen LogP contribution in [0.5, 0.6) is 11.5 Å². The van der Waals surface area contributed by atoms with Crippen molar-refractivity contribution in [3.05, 3.63) is 75.1 Å². The molecule has 1 N–H and O–H groups in total. The van der Waals surface area contributed by atoms with Gasteiger partial charge in [-0.15, -0.1) is 0 Å². The summed E-state index contributed by atoms with van der Waals surface area (Å²) < 4.78 is 10.3. The third-order valence-corrected chi connectivity index (χ3v) is 4.25. The highest BCUT2D eigenvalue weighted by atomic mass is 16.5. The Labute approximate surface area is 150 Å². The predicted molar refractivity (Wildman–Crippen MR) is 100.0 cm³/mol. The number of ether oxygens (including phenoxy) is 1. The molecule has 5 nitrogen and oxygen atoms in total. The zero-order chi connectivity index (χ0) is 18.8. The van der Waals surface area contributed by atoms with Crippen molar-refractivity contribution in [2.75, 3.05) is 7.11 Å². The SMILES string of the molecule is COc1ccc(C=CC(=O)c2cc3c(C)cc(=O)oc3c(C)c2O)cc1. The highest BCUT2D eigenvalue weighted by Crippen LogP contribution is 2.32. The van der Waals surface area contributed by atoms with Crippen molar-refractivity contribution in [3.8, 4) is 11.5 Å². The molecule has 0 unspecified atom stereocenters. The van der Waals surface area contributed by atoms with Gasteiger partial charge in [0.25, 0.3) is 0 Å². The lowest BCUT2D eigenvalue weighted by Crippen LogP contribution is -2.02. The van der Waals surface area contributed by atoms with Crippen LogP contribution in [0.3, 0.4) is 0 Å². The van der Waals surface area contributed by atoms with Crippen molar-refractivity contribution in [2.45, 2.75) is 13.8 Å². The topological polar surface area (TPSA) is 76.7 Å². The molecule has 26 heavy (non-hydrogen) atoms. The van der Waals surface area contributed by atoms with E-state index in [2.05, 4.69) is 0 Å². The molecule has 0 radical (unpaired) electrons. The van der Waals surface area contributed by atoms with E-state index < -0.39 is 5.63 Å². The Bertz CT molecular complexity index is 1070. The minimum absolute atomic E-state index is 0.164. The number of phenolic OH excluding ortho intramolecular Hbond substituents is 1. The lowest BCUT2D eigenvalue weighted by atomic mass is 9.99. The molecule has 0 bridgehead atoms. The number of allylic oxidation sites excluding steroid dienone is 1. The zero-order valence-electron chi connectivity index (χ0n) is 14.7. The van der Waals surface area contributed by atoms with E-state index in [1.165, 1.54) is 12.1 Å². The Morgan fingerprint density at radius 3 is 2.50 bits per heavy atom. The van der Waals surface area contributed by atoms with Crippen LogP contribution in [-0.4, -0.2) is 18.0 Å². The molecule has 1 aromatic heterocycles. The lowest BCUT2D eigenvalue weighted by molar-refractivity contribution is 0.104. The minimum Gasteiger partial charge on any atom is -0.507 e. The van der Waals surface area contributed by atoms with Gasteiger partial charge >= 0.3 is 5.63 Å². The average Bonchev–Trinajstić information content (AvgIpc) is 2.63. The first-order chi connectivity index (χ1) is 12.4. The van der Waals surface area contributed by atoms with E-state index in [1.54, 1.807) is 45.2 Å². The van der Waals surface area contributed by atoms with Crippen LogP contribution >= 0.6 is 0 Å². The standard InChI is InChI=1S/C21H18O5/c1-12-10-19(23)26-21-13(2)20(24)17(11-16(12)21)18(22)9-6-14-4-7-15(25-3)8-5-14/h4-11,24H,1-3H3. The fraction of sp³-hybridized carbons (Fsp3) is 0.143. The van der Waals surface area contributed by atoms with E-state index in [0.717, 1.165) is 11.3 Å². The second-order valence-electron chi connectivity index (χ2n) is 5.99. The molecule has 0 amide bonds. The van der Waals surface area contributed by atoms with Gasteiger partial charge in [-0.1, -0.05) is 18.2 Å². The molecule has 2 aromatic carbocycles. The van der Waals surface area contributed by atoms with Gasteiger partial charge in [0.2, 0.25) is 0 Å². The maximum atomic E-state index is 12.6. The third kappa shape index (κ3) is 3.24. The quantitative estimate of drug-likeness (QED) is 0.437. The van der Waals surface area contributed by atoms with Crippen molar-refractivity contribution < 1.29 is 19.1 Å². The van der Waals surface area contributed by atoms with Crippen LogP contribution in [0.15, 0.2) is 51.7 Å². The van der Waals surface area contributed by atoms with Crippen LogP contribution in [0.4, 0.5) is 0 Å². The second kappa shape index (κ2) is 6.88. The van der Waals surface area contributed by atoms with Gasteiger partial charge in [-0.2, -0.15) is 0 Å². The lowest BCUT2D eigenvalue weighted by Gasteiger charge is -2.09. The van der Waals surface area contributed by atoms with E-state index in [1.807, 2.05) is 12.1 Å². The number of aromatic hydroxyl groups is 1. The Hall–Kier alpha value is -3.34. The first-order valence-electron chi connectivity index (χ1n) is 8.04. The summed E-state index contributed by atoms with van der Waals surface area (Å²) in [5.41, 5.74) is 1.85. The molecule has 132 valence electrons. The number of aryl methyl sites for hydroxylation is 2. The van der Waals surface area contributed by atoms with Gasteiger partial charge in [0, 0.05) is 17.0 Å². The second-order valence-corrected chi connectivity index (χ2v) is 5.99. The molecule has 0 spiro atoms. The molecule has 0 fully saturated rings. The van der Waals surface area contributed by atoms with Crippen LogP contribution in [-0.2, 0) is 0 Å². The molecule has 0 aliphatic carbocycles. The summed E-state index contributed by atoms with van der Waals surface area (Å²) in [5, 5.41) is 11.0. The summed E-state index contributed by atoms with van der Waals surface area (Å²) in [6, 6.07) is 10.2. The van der Waals surface area contributed by atoms with Crippen molar-refractivity contribution in [3.63, 3.8) is 0 Å². The molecule has 3 aromatic rings. The molecular weight excluding hydrogens is 332 g/mol. The Morgan fingerprint density at radius 1 is 1.15 bits per heavy atom. The number of ketones is 1. The smallest absolute Gasteiger partial charge is 0.336 e. The average molecular weight is 350 g/mol. The summed E-state index contributed by atoms with van der Waals surface area (Å²) >= 11 is 0. The van der Waals surface area contributed by atoms with Gasteiger partial charge in [-0.25, -0.2) is 4.79 Å². The van der Waals surface area contributed by atoms with Crippen molar-refractivity contribution in [1.82, 2.24) is 0 Å². The first kappa shape index (κ1) is 17.5. The number of rotatable bonds is 4. The van der Waals surface area contributed by atoms with Gasteiger partial charge in [0.1, 0.15) is 17.1 Å². The molecule has 0 saturated heterocycles. The largest absolute Gasteiger partial charge is 0.507 e. The van der Waals surface area contributed by atoms with Gasteiger partial charge in [-0.05, 0) is 49.2 Å². The molecule has 0 saturated carbocycles. The van der Waals surface area contributed by atoms with Crippen molar-refractivity contribution in [1.29, 1.82) is 0 Å². The summed E-state index contributed by atoms with van der Waals surface area (Å²) in [6.45, 7) is 3.38. The molecule has 1 heterocycles. The summed E-state index contributed by atoms with van der Waals surface area (Å²) in [6.07, 6.45) is 3.06. The van der Waals surface area contributed by atoms with Crippen LogP contribution in [0, 0.1) is 13.8 Å². The number of hydrogen-bond donors (Lipinski definition) is 1.